The van der Waals surface area contributed by atoms with Crippen molar-refractivity contribution in [1.82, 2.24) is 0 Å². The summed E-state index contributed by atoms with van der Waals surface area (Å²) in [5.41, 5.74) is 10.5. The van der Waals surface area contributed by atoms with E-state index in [9.17, 15) is 13.2 Å². The van der Waals surface area contributed by atoms with E-state index in [-0.39, 0.29) is 22.6 Å². The first-order valence-electron chi connectivity index (χ1n) is 3.96. The Kier molecular flexibility index (Phi) is 3.08. The highest BCUT2D eigenvalue weighted by Crippen LogP contribution is 2.17. The fraction of sp³-hybridized carbons (Fsp3) is 0.125. The normalized spacial score (nSPS) is 11.3. The summed E-state index contributed by atoms with van der Waals surface area (Å²) < 4.78 is 30.7. The quantitative estimate of drug-likeness (QED) is 0.603. The standard InChI is InChI=1S/C8H10N2O4S/c9-4-6-2-1-5(8(10)11)3-7(6)15(12,13)14/h1-3H,4,9H2,(H2,10,11)(H,12,13,14). The molecule has 5 N–H and O–H groups in total. The van der Waals surface area contributed by atoms with E-state index in [2.05, 4.69) is 0 Å². The summed E-state index contributed by atoms with van der Waals surface area (Å²) in [5.74, 6) is -0.775. The van der Waals surface area contributed by atoms with Gasteiger partial charge in [-0.05, 0) is 17.7 Å². The van der Waals surface area contributed by atoms with Crippen molar-refractivity contribution < 1.29 is 17.8 Å². The molecule has 0 atom stereocenters. The molecule has 0 fully saturated rings. The van der Waals surface area contributed by atoms with Crippen LogP contribution in [0.2, 0.25) is 0 Å². The van der Waals surface area contributed by atoms with Gasteiger partial charge in [-0.15, -0.1) is 0 Å². The molecular formula is C8H10N2O4S. The molecule has 82 valence electrons. The average Bonchev–Trinajstić information content (AvgIpc) is 2.15. The predicted octanol–water partition coefficient (Wildman–Crippen LogP) is -0.509. The van der Waals surface area contributed by atoms with Crippen molar-refractivity contribution in [2.75, 3.05) is 0 Å². The lowest BCUT2D eigenvalue weighted by molar-refractivity contribution is 0.1000. The smallest absolute Gasteiger partial charge is 0.294 e. The largest absolute Gasteiger partial charge is 0.366 e. The minimum atomic E-state index is -4.39. The monoisotopic (exact) mass is 230 g/mol. The molecule has 0 bridgehead atoms. The van der Waals surface area contributed by atoms with Gasteiger partial charge in [0.15, 0.2) is 0 Å². The number of carbonyl (C=O) groups excluding carboxylic acids is 1. The Labute approximate surface area is 86.6 Å². The summed E-state index contributed by atoms with van der Waals surface area (Å²) in [6.45, 7) is -0.0613. The second-order valence-corrected chi connectivity index (χ2v) is 4.26. The van der Waals surface area contributed by atoms with Crippen LogP contribution in [-0.4, -0.2) is 18.9 Å². The van der Waals surface area contributed by atoms with Gasteiger partial charge in [-0.3, -0.25) is 9.35 Å². The third kappa shape index (κ3) is 2.52. The van der Waals surface area contributed by atoms with Crippen LogP contribution in [0.4, 0.5) is 0 Å². The number of nitrogens with two attached hydrogens (primary N) is 2. The van der Waals surface area contributed by atoms with Gasteiger partial charge >= 0.3 is 0 Å². The highest BCUT2D eigenvalue weighted by molar-refractivity contribution is 7.85. The average molecular weight is 230 g/mol. The lowest BCUT2D eigenvalue weighted by atomic mass is 10.1. The van der Waals surface area contributed by atoms with Gasteiger partial charge in [0.1, 0.15) is 0 Å². The first-order valence-corrected chi connectivity index (χ1v) is 5.40. The molecule has 6 nitrogen and oxygen atoms in total. The fourth-order valence-corrected chi connectivity index (χ4v) is 1.88. The zero-order valence-corrected chi connectivity index (χ0v) is 8.49. The second-order valence-electron chi connectivity index (χ2n) is 2.87. The van der Waals surface area contributed by atoms with E-state index in [0.717, 1.165) is 6.07 Å². The van der Waals surface area contributed by atoms with E-state index in [1.165, 1.54) is 12.1 Å². The molecule has 1 aromatic rings. The molecule has 1 rings (SSSR count). The van der Waals surface area contributed by atoms with E-state index in [1.54, 1.807) is 0 Å². The summed E-state index contributed by atoms with van der Waals surface area (Å²) >= 11 is 0. The van der Waals surface area contributed by atoms with Crippen LogP contribution < -0.4 is 11.5 Å². The minimum absolute atomic E-state index is 0.000162. The molecule has 0 unspecified atom stereocenters. The maximum absolute atomic E-state index is 10.9. The SMILES string of the molecule is NCc1ccc(C(N)=O)cc1S(=O)(=O)O. The van der Waals surface area contributed by atoms with Crippen molar-refractivity contribution >= 4 is 16.0 Å². The van der Waals surface area contributed by atoms with Gasteiger partial charge in [0, 0.05) is 12.1 Å². The molecule has 0 radical (unpaired) electrons. The van der Waals surface area contributed by atoms with Gasteiger partial charge in [-0.1, -0.05) is 6.07 Å². The van der Waals surface area contributed by atoms with Crippen molar-refractivity contribution in [2.24, 2.45) is 11.5 Å². The lowest BCUT2D eigenvalue weighted by Crippen LogP contribution is -2.14. The summed E-state index contributed by atoms with van der Waals surface area (Å²) in [6, 6.07) is 3.68. The zero-order chi connectivity index (χ0) is 11.6. The van der Waals surface area contributed by atoms with Crippen molar-refractivity contribution in [1.29, 1.82) is 0 Å². The lowest BCUT2D eigenvalue weighted by Gasteiger charge is -2.05. The van der Waals surface area contributed by atoms with Crippen LogP contribution >= 0.6 is 0 Å². The molecular weight excluding hydrogens is 220 g/mol. The molecule has 0 aliphatic rings. The van der Waals surface area contributed by atoms with Crippen LogP contribution in [0.3, 0.4) is 0 Å². The fourth-order valence-electron chi connectivity index (χ4n) is 1.12. The number of hydrogen-bond acceptors (Lipinski definition) is 4. The van der Waals surface area contributed by atoms with Crippen LogP contribution in [0.25, 0.3) is 0 Å². The van der Waals surface area contributed by atoms with E-state index < -0.39 is 16.0 Å². The number of hydrogen-bond donors (Lipinski definition) is 3. The van der Waals surface area contributed by atoms with Crippen LogP contribution in [0, 0.1) is 0 Å². The van der Waals surface area contributed by atoms with Gasteiger partial charge < -0.3 is 11.5 Å². The van der Waals surface area contributed by atoms with Crippen LogP contribution in [-0.2, 0) is 16.7 Å². The van der Waals surface area contributed by atoms with Gasteiger partial charge in [0.2, 0.25) is 5.91 Å². The summed E-state index contributed by atoms with van der Waals surface area (Å²) in [5, 5.41) is 0. The van der Waals surface area contributed by atoms with Crippen molar-refractivity contribution in [2.45, 2.75) is 11.4 Å². The molecule has 15 heavy (non-hydrogen) atoms. The molecule has 0 heterocycles. The highest BCUT2D eigenvalue weighted by atomic mass is 32.2. The topological polar surface area (TPSA) is 123 Å². The first-order chi connectivity index (χ1) is 6.86. The van der Waals surface area contributed by atoms with Gasteiger partial charge in [-0.2, -0.15) is 8.42 Å². The first kappa shape index (κ1) is 11.6. The molecule has 0 aromatic heterocycles. The molecule has 1 aromatic carbocycles. The van der Waals surface area contributed by atoms with Crippen molar-refractivity contribution in [3.63, 3.8) is 0 Å². The van der Waals surface area contributed by atoms with Crippen molar-refractivity contribution in [3.05, 3.63) is 29.3 Å². The van der Waals surface area contributed by atoms with Gasteiger partial charge in [0.05, 0.1) is 4.90 Å². The number of amides is 1. The molecule has 0 spiro atoms. The highest BCUT2D eigenvalue weighted by Gasteiger charge is 2.16. The second kappa shape index (κ2) is 3.97. The van der Waals surface area contributed by atoms with Crippen LogP contribution in [0.1, 0.15) is 15.9 Å². The number of carbonyl (C=O) groups is 1. The zero-order valence-electron chi connectivity index (χ0n) is 7.67. The third-order valence-electron chi connectivity index (χ3n) is 1.85. The van der Waals surface area contributed by atoms with Crippen LogP contribution in [0.15, 0.2) is 23.1 Å². The van der Waals surface area contributed by atoms with E-state index in [1.807, 2.05) is 0 Å². The number of rotatable bonds is 3. The van der Waals surface area contributed by atoms with Crippen molar-refractivity contribution in [3.8, 4) is 0 Å². The summed E-state index contributed by atoms with van der Waals surface area (Å²) in [7, 11) is -4.39. The van der Waals surface area contributed by atoms with E-state index >= 15 is 0 Å². The molecule has 0 aliphatic heterocycles. The maximum Gasteiger partial charge on any atom is 0.294 e. The Bertz CT molecular complexity index is 495. The molecule has 0 saturated heterocycles. The van der Waals surface area contributed by atoms with E-state index in [4.69, 9.17) is 16.0 Å². The molecule has 7 heteroatoms. The Morgan fingerprint density at radius 1 is 1.40 bits per heavy atom. The van der Waals surface area contributed by atoms with Crippen LogP contribution in [0.5, 0.6) is 0 Å². The Balaban J connectivity index is 3.46. The van der Waals surface area contributed by atoms with Gasteiger partial charge in [0.25, 0.3) is 10.1 Å². The third-order valence-corrected chi connectivity index (χ3v) is 2.79. The summed E-state index contributed by atoms with van der Waals surface area (Å²) in [6.07, 6.45) is 0. The summed E-state index contributed by atoms with van der Waals surface area (Å²) in [4.78, 5) is 10.4. The minimum Gasteiger partial charge on any atom is -0.366 e. The Morgan fingerprint density at radius 3 is 2.40 bits per heavy atom. The molecule has 0 saturated carbocycles. The Hall–Kier alpha value is -1.44. The van der Waals surface area contributed by atoms with E-state index in [0.29, 0.717) is 0 Å². The molecule has 0 aliphatic carbocycles. The molecule has 1 amide bonds. The van der Waals surface area contributed by atoms with Gasteiger partial charge in [-0.25, -0.2) is 0 Å². The number of primary amides is 1. The predicted molar refractivity (Wildman–Crippen MR) is 52.7 cm³/mol. The Morgan fingerprint density at radius 2 is 2.00 bits per heavy atom. The number of benzene rings is 1. The maximum atomic E-state index is 10.9.